The Kier molecular flexibility index (Phi) is 18.5. The summed E-state index contributed by atoms with van der Waals surface area (Å²) in [6.45, 7) is 14.7. The molecule has 0 aliphatic carbocycles. The largest absolute Gasteiger partial charge is 0.480 e. The molecular weight excluding hydrogens is 891 g/mol. The first-order valence-corrected chi connectivity index (χ1v) is 24.5. The van der Waals surface area contributed by atoms with Gasteiger partial charge in [0, 0.05) is 39.2 Å². The van der Waals surface area contributed by atoms with Crippen LogP contribution >= 0.6 is 22.7 Å². The van der Waals surface area contributed by atoms with Crippen molar-refractivity contribution < 1.29 is 33.0 Å². The Morgan fingerprint density at radius 3 is 1.84 bits per heavy atom. The minimum Gasteiger partial charge on any atom is -0.480 e. The number of aromatic nitrogens is 2. The number of nitrogens with one attached hydrogen (secondary N) is 2. The van der Waals surface area contributed by atoms with Gasteiger partial charge in [0.05, 0.1) is 29.5 Å². The molecule has 2 aliphatic heterocycles. The molecule has 0 unspecified atom stereocenters. The normalized spacial score (nSPS) is 17.6. The van der Waals surface area contributed by atoms with Gasteiger partial charge in [-0.3, -0.25) is 4.79 Å². The number of carbonyl (C=O) groups excluding carboxylic acids is 2. The molecule has 0 saturated carbocycles. The lowest BCUT2D eigenvalue weighted by Crippen LogP contribution is -2.46. The van der Waals surface area contributed by atoms with Crippen molar-refractivity contribution in [1.82, 2.24) is 25.5 Å². The number of amides is 2. The van der Waals surface area contributed by atoms with E-state index in [0.29, 0.717) is 23.2 Å². The van der Waals surface area contributed by atoms with E-state index in [-0.39, 0.29) is 42.8 Å². The van der Waals surface area contributed by atoms with E-state index in [1.54, 1.807) is 62.5 Å². The fourth-order valence-corrected chi connectivity index (χ4v) is 9.99. The summed E-state index contributed by atoms with van der Waals surface area (Å²) in [5.41, 5.74) is 9.29. The number of alkyl carbamates (subject to hydrolysis) is 1. The van der Waals surface area contributed by atoms with Crippen LogP contribution in [0.5, 0.6) is 0 Å². The van der Waals surface area contributed by atoms with Gasteiger partial charge in [0.25, 0.3) is 0 Å². The zero-order valence-electron chi connectivity index (χ0n) is 38.8. The number of rotatable bonds is 11. The van der Waals surface area contributed by atoms with Crippen molar-refractivity contribution in [2.24, 2.45) is 17.6 Å². The van der Waals surface area contributed by atoms with E-state index in [0.717, 1.165) is 82.1 Å². The van der Waals surface area contributed by atoms with Crippen LogP contribution in [0.25, 0.3) is 44.1 Å². The Balaban J connectivity index is 0.000000196. The van der Waals surface area contributed by atoms with E-state index in [1.165, 1.54) is 18.6 Å². The highest BCUT2D eigenvalue weighted by atomic mass is 32.1. The van der Waals surface area contributed by atoms with E-state index in [1.807, 2.05) is 72.7 Å². The fraction of sp³-hybridized carbons (Fsp3) is 0.442. The summed E-state index contributed by atoms with van der Waals surface area (Å²) in [7, 11) is 0. The zero-order valence-corrected chi connectivity index (χ0v) is 40.4. The molecule has 0 radical (unpaired) electrons. The topological polar surface area (TPSA) is 160 Å². The maximum Gasteiger partial charge on any atom is 0.408 e. The third-order valence-electron chi connectivity index (χ3n) is 12.2. The Morgan fingerprint density at radius 1 is 0.821 bits per heavy atom. The first-order chi connectivity index (χ1) is 31.5. The van der Waals surface area contributed by atoms with E-state index >= 15 is 0 Å². The van der Waals surface area contributed by atoms with Crippen LogP contribution in [0.3, 0.4) is 0 Å². The fourth-order valence-electron chi connectivity index (χ4n) is 8.10. The number of aliphatic carboxylic acids is 1. The minimum atomic E-state index is -1.04. The molecule has 4 aromatic carbocycles. The average Bonchev–Trinajstić information content (AvgIpc) is 4.16. The number of fused-ring (bicyclic) bond motifs is 2. The maximum absolute atomic E-state index is 14.2. The van der Waals surface area contributed by atoms with Crippen LogP contribution in [0.4, 0.5) is 13.6 Å². The van der Waals surface area contributed by atoms with Crippen LogP contribution in [0, 0.1) is 23.5 Å². The molecule has 0 bridgehead atoms. The quantitative estimate of drug-likeness (QED) is 0.0991. The molecule has 360 valence electrons. The van der Waals surface area contributed by atoms with Gasteiger partial charge in [0.15, 0.2) is 0 Å². The molecule has 6 atom stereocenters. The Labute approximate surface area is 401 Å². The monoisotopic (exact) mass is 956 g/mol. The molecule has 0 spiro atoms. The molecule has 8 rings (SSSR count). The number of ether oxygens (including phenoxy) is 1. The molecular formula is C52H66F2N6O5S2. The first-order valence-electron chi connectivity index (χ1n) is 22.8. The van der Waals surface area contributed by atoms with Crippen LogP contribution in [-0.4, -0.2) is 68.7 Å². The third kappa shape index (κ3) is 13.0. The third-order valence-corrected chi connectivity index (χ3v) is 14.1. The number of nitrogens with zero attached hydrogens (tertiary/aromatic N) is 3. The smallest absolute Gasteiger partial charge is 0.408 e. The highest BCUT2D eigenvalue weighted by Crippen LogP contribution is 2.38. The van der Waals surface area contributed by atoms with E-state index in [9.17, 15) is 23.2 Å². The lowest BCUT2D eigenvalue weighted by Gasteiger charge is -2.28. The summed E-state index contributed by atoms with van der Waals surface area (Å²) in [4.78, 5) is 46.8. The summed E-state index contributed by atoms with van der Waals surface area (Å²) in [6.07, 6.45) is 5.07. The summed E-state index contributed by atoms with van der Waals surface area (Å²) in [5.74, 6) is -1.41. The lowest BCUT2D eigenvalue weighted by atomic mass is 9.98. The van der Waals surface area contributed by atoms with Crippen molar-refractivity contribution >= 4 is 62.2 Å². The van der Waals surface area contributed by atoms with Gasteiger partial charge >= 0.3 is 12.1 Å². The summed E-state index contributed by atoms with van der Waals surface area (Å²) >= 11 is 3.25. The minimum absolute atomic E-state index is 0. The second-order valence-corrected chi connectivity index (χ2v) is 19.8. The van der Waals surface area contributed by atoms with Crippen molar-refractivity contribution in [1.29, 1.82) is 0 Å². The van der Waals surface area contributed by atoms with Crippen molar-refractivity contribution in [3.63, 3.8) is 0 Å². The van der Waals surface area contributed by atoms with Gasteiger partial charge in [-0.1, -0.05) is 96.5 Å². The number of carbonyl (C=O) groups is 3. The predicted octanol–water partition coefficient (Wildman–Crippen LogP) is 12.3. The van der Waals surface area contributed by atoms with Crippen LogP contribution in [-0.2, 0) is 14.3 Å². The number of thiazole rings is 2. The van der Waals surface area contributed by atoms with Crippen LogP contribution in [0.1, 0.15) is 117 Å². The summed E-state index contributed by atoms with van der Waals surface area (Å²) in [5, 5.41) is 24.0. The number of carboxylic acids is 1. The van der Waals surface area contributed by atoms with E-state index < -0.39 is 29.7 Å². The molecule has 5 N–H and O–H groups in total. The van der Waals surface area contributed by atoms with Gasteiger partial charge in [-0.2, -0.15) is 0 Å². The van der Waals surface area contributed by atoms with Crippen molar-refractivity contribution in [2.75, 3.05) is 13.1 Å². The Bertz CT molecular complexity index is 2610. The summed E-state index contributed by atoms with van der Waals surface area (Å²) in [6, 6.07) is 20.7. The number of hydrogen-bond acceptors (Lipinski definition) is 10. The van der Waals surface area contributed by atoms with Gasteiger partial charge in [0.2, 0.25) is 5.91 Å². The van der Waals surface area contributed by atoms with Crippen LogP contribution in [0.15, 0.2) is 83.6 Å². The second-order valence-electron chi connectivity index (χ2n) is 18.0. The standard InChI is InChI=1S/C23H26FN3OS.C17H15FN2S.C11H21NO4.CH4/c1-3-14(2)21(25)23(28)27-12-6-9-20(27)22-26-19(13-29-22)17-10-11-18(24)16-8-5-4-7-15(16)17;18-14-8-7-13(11-4-1-2-5-12(11)14)16-10-21-17(20-16)15-6-3-9-19-15;1-6-7(2)8(9(13)14)12-10(15)16-11(3,4)5;/h4-5,7-8,10-11,13-14,20-21H,3,6,9,12,25H2,1-2H3;1-2,4-5,7-8,10,15,19H,3,6,9H2;7-8H,6H2,1-5H3,(H,12,15)(H,13,14);1H4/t14-,20+,21+;15-;7-,8+;/m101./s1. The van der Waals surface area contributed by atoms with Crippen molar-refractivity contribution in [3.8, 4) is 22.5 Å². The number of halogens is 2. The number of hydrogen-bond donors (Lipinski definition) is 4. The molecule has 2 fully saturated rings. The van der Waals surface area contributed by atoms with Gasteiger partial charge in [0.1, 0.15) is 33.3 Å². The SMILES string of the molecule is C.CC[C@@H](C)[C@H](N)C(=O)N1CCC[C@H]1c1nc(-c2ccc(F)c3ccccc23)cs1.CC[C@@H](C)[C@H](NC(=O)OC(C)(C)C)C(=O)O.Fc1ccc(-c2csc([C@@H]3CCCN3)n2)c2ccccc12. The number of nitrogens with two attached hydrogens (primary N) is 1. The van der Waals surface area contributed by atoms with Gasteiger partial charge in [-0.05, 0) is 99.9 Å². The maximum atomic E-state index is 14.2. The van der Waals surface area contributed by atoms with Gasteiger partial charge in [-0.25, -0.2) is 28.3 Å². The first kappa shape index (κ1) is 52.6. The second kappa shape index (κ2) is 23.6. The Morgan fingerprint density at radius 2 is 1.34 bits per heavy atom. The molecule has 2 saturated heterocycles. The van der Waals surface area contributed by atoms with E-state index in [4.69, 9.17) is 25.5 Å². The van der Waals surface area contributed by atoms with Crippen LogP contribution in [0.2, 0.25) is 0 Å². The van der Waals surface area contributed by atoms with E-state index in [2.05, 4.69) is 22.9 Å². The van der Waals surface area contributed by atoms with Gasteiger partial charge in [-0.15, -0.1) is 22.7 Å². The predicted molar refractivity (Wildman–Crippen MR) is 268 cm³/mol. The molecule has 11 nitrogen and oxygen atoms in total. The molecule has 2 aromatic heterocycles. The van der Waals surface area contributed by atoms with Crippen LogP contribution < -0.4 is 16.4 Å². The average molecular weight is 957 g/mol. The molecule has 15 heteroatoms. The summed E-state index contributed by atoms with van der Waals surface area (Å²) < 4.78 is 33.1. The zero-order chi connectivity index (χ0) is 47.7. The number of carboxylic acid groups (broad SMARTS) is 1. The molecule has 67 heavy (non-hydrogen) atoms. The Hall–Kier alpha value is -5.35. The van der Waals surface area contributed by atoms with Gasteiger partial charge < -0.3 is 31.1 Å². The van der Waals surface area contributed by atoms with Crippen molar-refractivity contribution in [3.05, 3.63) is 105 Å². The molecule has 2 amide bonds. The highest BCUT2D eigenvalue weighted by Gasteiger charge is 2.36. The lowest BCUT2D eigenvalue weighted by molar-refractivity contribution is -0.141. The molecule has 6 aromatic rings. The van der Waals surface area contributed by atoms with Crippen molar-refractivity contribution in [2.45, 2.75) is 124 Å². The number of benzene rings is 4. The highest BCUT2D eigenvalue weighted by molar-refractivity contribution is 7.10. The molecule has 4 heterocycles. The molecule has 2 aliphatic rings. The number of likely N-dealkylation sites (tertiary alicyclic amines) is 1.